The average molecular weight is 400 g/mol. The number of hydrogen-bond acceptors (Lipinski definition) is 5. The van der Waals surface area contributed by atoms with Crippen molar-refractivity contribution in [2.45, 2.75) is 12.5 Å². The van der Waals surface area contributed by atoms with Crippen molar-refractivity contribution in [3.05, 3.63) is 54.1 Å². The van der Waals surface area contributed by atoms with E-state index in [0.29, 0.717) is 22.7 Å². The molecule has 0 saturated carbocycles. The number of hydrazine groups is 1. The van der Waals surface area contributed by atoms with Gasteiger partial charge in [-0.05, 0) is 61.1 Å². The van der Waals surface area contributed by atoms with Gasteiger partial charge >= 0.3 is 6.03 Å². The number of methoxy groups -OCH3 is 2. The lowest BCUT2D eigenvalue weighted by atomic mass is 9.92. The summed E-state index contributed by atoms with van der Waals surface area (Å²) in [6.07, 6.45) is 0. The van der Waals surface area contributed by atoms with E-state index < -0.39 is 17.5 Å². The first kappa shape index (κ1) is 19.4. The van der Waals surface area contributed by atoms with Crippen LogP contribution in [0.2, 0.25) is 0 Å². The van der Waals surface area contributed by atoms with Crippen molar-refractivity contribution >= 4 is 35.0 Å². The molecule has 9 heteroatoms. The van der Waals surface area contributed by atoms with Crippen molar-refractivity contribution in [2.24, 2.45) is 0 Å². The van der Waals surface area contributed by atoms with Gasteiger partial charge in [0.2, 0.25) is 0 Å². The molecule has 2 aromatic carbocycles. The summed E-state index contributed by atoms with van der Waals surface area (Å²) in [7, 11) is 3.13. The van der Waals surface area contributed by atoms with Crippen LogP contribution in [0.3, 0.4) is 0 Å². The van der Waals surface area contributed by atoms with Gasteiger partial charge in [0.25, 0.3) is 5.91 Å². The molecule has 0 radical (unpaired) electrons. The monoisotopic (exact) mass is 400 g/mol. The molecule has 1 saturated heterocycles. The number of carbonyl (C=O) groups is 2. The van der Waals surface area contributed by atoms with E-state index in [0.717, 1.165) is 5.01 Å². The molecule has 0 aliphatic carbocycles. The van der Waals surface area contributed by atoms with E-state index >= 15 is 0 Å². The number of amides is 3. The standard InChI is InChI=1S/C19H20N4O4S/c1-19(12-4-8-14(26-2)9-5-12)16(24)23(18(25)21-19)22-17(28)20-13-6-10-15(27-3)11-7-13/h4-11H,1-3H3,(H,21,25)(H2,20,22,28)/t19-/m1/s1. The van der Waals surface area contributed by atoms with Crippen molar-refractivity contribution in [1.29, 1.82) is 0 Å². The first-order valence-electron chi connectivity index (χ1n) is 8.40. The van der Waals surface area contributed by atoms with Crippen molar-refractivity contribution in [3.8, 4) is 11.5 Å². The predicted octanol–water partition coefficient (Wildman–Crippen LogP) is 2.37. The van der Waals surface area contributed by atoms with Crippen LogP contribution in [0, 0.1) is 0 Å². The molecule has 0 unspecified atom stereocenters. The van der Waals surface area contributed by atoms with Gasteiger partial charge in [0, 0.05) is 5.69 Å². The molecule has 3 amide bonds. The average Bonchev–Trinajstić information content (AvgIpc) is 2.92. The molecule has 1 heterocycles. The summed E-state index contributed by atoms with van der Waals surface area (Å²) >= 11 is 5.22. The summed E-state index contributed by atoms with van der Waals surface area (Å²) in [5.41, 5.74) is 2.74. The molecule has 0 bridgehead atoms. The Bertz CT molecular complexity index is 901. The third-order valence-electron chi connectivity index (χ3n) is 4.42. The second-order valence-corrected chi connectivity index (χ2v) is 6.63. The van der Waals surface area contributed by atoms with Crippen LogP contribution in [0.1, 0.15) is 12.5 Å². The van der Waals surface area contributed by atoms with Crippen LogP contribution >= 0.6 is 12.2 Å². The Morgan fingerprint density at radius 2 is 1.54 bits per heavy atom. The third-order valence-corrected chi connectivity index (χ3v) is 4.61. The van der Waals surface area contributed by atoms with Crippen LogP contribution in [0.15, 0.2) is 48.5 Å². The molecule has 28 heavy (non-hydrogen) atoms. The Kier molecular flexibility index (Phi) is 5.36. The smallest absolute Gasteiger partial charge is 0.344 e. The fourth-order valence-electron chi connectivity index (χ4n) is 2.80. The molecular formula is C19H20N4O4S. The lowest BCUT2D eigenvalue weighted by molar-refractivity contribution is -0.132. The highest BCUT2D eigenvalue weighted by molar-refractivity contribution is 7.80. The first-order valence-corrected chi connectivity index (χ1v) is 8.81. The molecule has 1 aliphatic heterocycles. The second kappa shape index (κ2) is 7.73. The van der Waals surface area contributed by atoms with Crippen molar-refractivity contribution in [3.63, 3.8) is 0 Å². The number of rotatable bonds is 5. The molecule has 8 nitrogen and oxygen atoms in total. The molecule has 0 aromatic heterocycles. The Labute approximate surface area is 167 Å². The minimum Gasteiger partial charge on any atom is -0.497 e. The van der Waals surface area contributed by atoms with Gasteiger partial charge in [-0.3, -0.25) is 10.2 Å². The highest BCUT2D eigenvalue weighted by Gasteiger charge is 2.49. The fraction of sp³-hybridized carbons (Fsp3) is 0.211. The number of anilines is 1. The summed E-state index contributed by atoms with van der Waals surface area (Å²) in [5.74, 6) is 0.888. The number of carbonyl (C=O) groups excluding carboxylic acids is 2. The Balaban J connectivity index is 1.70. The van der Waals surface area contributed by atoms with Crippen LogP contribution < -0.4 is 25.5 Å². The van der Waals surface area contributed by atoms with Gasteiger partial charge in [-0.1, -0.05) is 12.1 Å². The summed E-state index contributed by atoms with van der Waals surface area (Å²) < 4.78 is 10.2. The van der Waals surface area contributed by atoms with E-state index in [-0.39, 0.29) is 5.11 Å². The van der Waals surface area contributed by atoms with Gasteiger partial charge < -0.3 is 20.1 Å². The summed E-state index contributed by atoms with van der Waals surface area (Å²) in [5, 5.41) is 6.58. The van der Waals surface area contributed by atoms with Gasteiger partial charge in [-0.25, -0.2) is 4.79 Å². The van der Waals surface area contributed by atoms with Gasteiger partial charge in [0.05, 0.1) is 14.2 Å². The zero-order chi connectivity index (χ0) is 20.3. The van der Waals surface area contributed by atoms with Crippen LogP contribution in [0.4, 0.5) is 10.5 Å². The molecular weight excluding hydrogens is 380 g/mol. The Morgan fingerprint density at radius 3 is 2.07 bits per heavy atom. The number of hydrogen-bond donors (Lipinski definition) is 3. The Hall–Kier alpha value is -3.33. The van der Waals surface area contributed by atoms with Crippen LogP contribution in [-0.4, -0.2) is 36.3 Å². The molecule has 1 fully saturated rings. The first-order chi connectivity index (χ1) is 13.4. The zero-order valence-corrected chi connectivity index (χ0v) is 16.4. The minimum atomic E-state index is -1.22. The molecule has 1 atom stereocenters. The third kappa shape index (κ3) is 3.70. The van der Waals surface area contributed by atoms with Crippen LogP contribution in [0.5, 0.6) is 11.5 Å². The minimum absolute atomic E-state index is 0.104. The van der Waals surface area contributed by atoms with Gasteiger partial charge in [0.15, 0.2) is 5.11 Å². The van der Waals surface area contributed by atoms with E-state index in [1.165, 1.54) is 0 Å². The second-order valence-electron chi connectivity index (χ2n) is 6.22. The molecule has 146 valence electrons. The maximum absolute atomic E-state index is 12.9. The normalized spacial score (nSPS) is 18.5. The molecule has 1 aliphatic rings. The lowest BCUT2D eigenvalue weighted by Crippen LogP contribution is -2.49. The summed E-state index contributed by atoms with van der Waals surface area (Å²) in [6, 6.07) is 13.4. The number of nitrogens with one attached hydrogen (secondary N) is 3. The van der Waals surface area contributed by atoms with Crippen molar-refractivity contribution in [1.82, 2.24) is 15.8 Å². The van der Waals surface area contributed by atoms with E-state index in [4.69, 9.17) is 21.7 Å². The van der Waals surface area contributed by atoms with E-state index in [9.17, 15) is 9.59 Å². The number of benzene rings is 2. The number of imide groups is 1. The van der Waals surface area contributed by atoms with Crippen molar-refractivity contribution in [2.75, 3.05) is 19.5 Å². The SMILES string of the molecule is COc1ccc(NC(=S)NN2C(=O)N[C@](C)(c3ccc(OC)cc3)C2=O)cc1. The van der Waals surface area contributed by atoms with Crippen LogP contribution in [0.25, 0.3) is 0 Å². The summed E-state index contributed by atoms with van der Waals surface area (Å²) in [4.78, 5) is 25.3. The predicted molar refractivity (Wildman–Crippen MR) is 108 cm³/mol. The fourth-order valence-corrected chi connectivity index (χ4v) is 3.00. The largest absolute Gasteiger partial charge is 0.497 e. The highest BCUT2D eigenvalue weighted by atomic mass is 32.1. The number of nitrogens with zero attached hydrogens (tertiary/aromatic N) is 1. The number of ether oxygens (including phenoxy) is 2. The highest BCUT2D eigenvalue weighted by Crippen LogP contribution is 2.29. The quantitative estimate of drug-likeness (QED) is 0.524. The molecule has 3 N–H and O–H groups in total. The molecule has 0 spiro atoms. The van der Waals surface area contributed by atoms with Crippen LogP contribution in [-0.2, 0) is 10.3 Å². The van der Waals surface area contributed by atoms with Gasteiger partial charge in [-0.2, -0.15) is 5.01 Å². The zero-order valence-electron chi connectivity index (χ0n) is 15.6. The van der Waals surface area contributed by atoms with Gasteiger partial charge in [-0.15, -0.1) is 0 Å². The Morgan fingerprint density at radius 1 is 1.00 bits per heavy atom. The summed E-state index contributed by atoms with van der Waals surface area (Å²) in [6.45, 7) is 1.64. The maximum Gasteiger partial charge on any atom is 0.344 e. The van der Waals surface area contributed by atoms with E-state index in [1.807, 2.05) is 0 Å². The molecule has 2 aromatic rings. The van der Waals surface area contributed by atoms with E-state index in [2.05, 4.69) is 16.1 Å². The van der Waals surface area contributed by atoms with Gasteiger partial charge in [0.1, 0.15) is 17.0 Å². The lowest BCUT2D eigenvalue weighted by Gasteiger charge is -2.23. The number of urea groups is 1. The number of thiocarbonyl (C=S) groups is 1. The van der Waals surface area contributed by atoms with Crippen molar-refractivity contribution < 1.29 is 19.1 Å². The maximum atomic E-state index is 12.9. The molecule has 3 rings (SSSR count). The topological polar surface area (TPSA) is 91.9 Å². The van der Waals surface area contributed by atoms with E-state index in [1.54, 1.807) is 69.7 Å².